The summed E-state index contributed by atoms with van der Waals surface area (Å²) >= 11 is 0. The first kappa shape index (κ1) is 10.2. The van der Waals surface area contributed by atoms with Gasteiger partial charge >= 0.3 is 0 Å². The molecule has 1 aliphatic heterocycles. The minimum Gasteiger partial charge on any atom is -0.491 e. The van der Waals surface area contributed by atoms with E-state index in [2.05, 4.69) is 4.98 Å². The fraction of sp³-hybridized carbons (Fsp3) is 0.545. The van der Waals surface area contributed by atoms with E-state index in [4.69, 9.17) is 14.2 Å². The highest BCUT2D eigenvalue weighted by Crippen LogP contribution is 2.38. The van der Waals surface area contributed by atoms with Crippen molar-refractivity contribution >= 4 is 0 Å². The average molecular weight is 209 g/mol. The summed E-state index contributed by atoms with van der Waals surface area (Å²) in [5.74, 6) is 1.21. The van der Waals surface area contributed by atoms with E-state index in [1.54, 1.807) is 20.4 Å². The molecule has 4 nitrogen and oxygen atoms in total. The SMILES string of the molecule is COc1nccc(C2CCCO2)c1OC. The Kier molecular flexibility index (Phi) is 3.06. The van der Waals surface area contributed by atoms with Crippen LogP contribution < -0.4 is 9.47 Å². The van der Waals surface area contributed by atoms with E-state index in [1.807, 2.05) is 6.07 Å². The van der Waals surface area contributed by atoms with Gasteiger partial charge < -0.3 is 14.2 Å². The Bertz CT molecular complexity index is 335. The van der Waals surface area contributed by atoms with Crippen LogP contribution in [0.3, 0.4) is 0 Å². The molecular formula is C11H15NO3. The summed E-state index contributed by atoms with van der Waals surface area (Å²) in [5.41, 5.74) is 1.03. The van der Waals surface area contributed by atoms with Crippen molar-refractivity contribution in [3.63, 3.8) is 0 Å². The topological polar surface area (TPSA) is 40.6 Å². The van der Waals surface area contributed by atoms with Crippen molar-refractivity contribution in [2.75, 3.05) is 20.8 Å². The predicted octanol–water partition coefficient (Wildman–Crippen LogP) is 1.95. The first-order valence-electron chi connectivity index (χ1n) is 5.05. The van der Waals surface area contributed by atoms with E-state index in [0.717, 1.165) is 25.0 Å². The number of aromatic nitrogens is 1. The third-order valence-corrected chi connectivity index (χ3v) is 2.58. The summed E-state index contributed by atoms with van der Waals surface area (Å²) in [6, 6.07) is 1.93. The molecule has 2 heterocycles. The Morgan fingerprint density at radius 1 is 1.40 bits per heavy atom. The van der Waals surface area contributed by atoms with Crippen molar-refractivity contribution in [2.45, 2.75) is 18.9 Å². The Labute approximate surface area is 89.2 Å². The van der Waals surface area contributed by atoms with Gasteiger partial charge in [0.25, 0.3) is 5.88 Å². The summed E-state index contributed by atoms with van der Waals surface area (Å²) in [6.45, 7) is 0.818. The van der Waals surface area contributed by atoms with Gasteiger partial charge in [-0.2, -0.15) is 0 Å². The minimum absolute atomic E-state index is 0.122. The quantitative estimate of drug-likeness (QED) is 0.763. The Morgan fingerprint density at radius 3 is 2.87 bits per heavy atom. The lowest BCUT2D eigenvalue weighted by molar-refractivity contribution is 0.109. The molecule has 15 heavy (non-hydrogen) atoms. The molecule has 0 saturated carbocycles. The summed E-state index contributed by atoms with van der Waals surface area (Å²) in [5, 5.41) is 0. The number of rotatable bonds is 3. The second-order valence-electron chi connectivity index (χ2n) is 3.44. The van der Waals surface area contributed by atoms with Crippen LogP contribution in [-0.4, -0.2) is 25.8 Å². The van der Waals surface area contributed by atoms with E-state index < -0.39 is 0 Å². The molecule has 1 aliphatic rings. The standard InChI is InChI=1S/C11H15NO3/c1-13-10-8(9-4-3-7-15-9)5-6-12-11(10)14-2/h5-6,9H,3-4,7H2,1-2H3. The van der Waals surface area contributed by atoms with Gasteiger partial charge in [0.15, 0.2) is 5.75 Å². The molecule has 0 amide bonds. The molecule has 1 saturated heterocycles. The third kappa shape index (κ3) is 1.90. The maximum Gasteiger partial charge on any atom is 0.257 e. The highest BCUT2D eigenvalue weighted by atomic mass is 16.5. The number of pyridine rings is 1. The van der Waals surface area contributed by atoms with Gasteiger partial charge in [-0.1, -0.05) is 0 Å². The highest BCUT2D eigenvalue weighted by molar-refractivity contribution is 5.42. The maximum atomic E-state index is 5.62. The van der Waals surface area contributed by atoms with E-state index in [9.17, 15) is 0 Å². The van der Waals surface area contributed by atoms with Crippen molar-refractivity contribution < 1.29 is 14.2 Å². The lowest BCUT2D eigenvalue weighted by Crippen LogP contribution is -2.02. The number of methoxy groups -OCH3 is 2. The Balaban J connectivity index is 2.36. The zero-order chi connectivity index (χ0) is 10.7. The molecule has 82 valence electrons. The van der Waals surface area contributed by atoms with Crippen molar-refractivity contribution in [1.82, 2.24) is 4.98 Å². The van der Waals surface area contributed by atoms with E-state index in [1.165, 1.54) is 0 Å². The summed E-state index contributed by atoms with van der Waals surface area (Å²) < 4.78 is 16.1. The van der Waals surface area contributed by atoms with Crippen LogP contribution in [-0.2, 0) is 4.74 Å². The van der Waals surface area contributed by atoms with Gasteiger partial charge in [-0.25, -0.2) is 4.98 Å². The average Bonchev–Trinajstić information content (AvgIpc) is 2.81. The predicted molar refractivity (Wildman–Crippen MR) is 55.3 cm³/mol. The molecule has 1 fully saturated rings. The van der Waals surface area contributed by atoms with Crippen LogP contribution in [0.15, 0.2) is 12.3 Å². The molecule has 1 unspecified atom stereocenters. The van der Waals surface area contributed by atoms with Gasteiger partial charge in [-0.3, -0.25) is 0 Å². The molecule has 1 aromatic heterocycles. The van der Waals surface area contributed by atoms with E-state index in [-0.39, 0.29) is 6.10 Å². The van der Waals surface area contributed by atoms with Crippen molar-refractivity contribution in [3.05, 3.63) is 17.8 Å². The largest absolute Gasteiger partial charge is 0.491 e. The number of hydrogen-bond acceptors (Lipinski definition) is 4. The lowest BCUT2D eigenvalue weighted by atomic mass is 10.1. The van der Waals surface area contributed by atoms with Crippen molar-refractivity contribution in [1.29, 1.82) is 0 Å². The van der Waals surface area contributed by atoms with Crippen LogP contribution in [0.25, 0.3) is 0 Å². The Morgan fingerprint density at radius 2 is 2.27 bits per heavy atom. The van der Waals surface area contributed by atoms with Gasteiger partial charge in [0.1, 0.15) is 0 Å². The maximum absolute atomic E-state index is 5.62. The van der Waals surface area contributed by atoms with Gasteiger partial charge in [-0.05, 0) is 18.9 Å². The zero-order valence-corrected chi connectivity index (χ0v) is 9.03. The molecule has 0 aromatic carbocycles. The second kappa shape index (κ2) is 4.49. The Hall–Kier alpha value is -1.29. The first-order chi connectivity index (χ1) is 7.36. The smallest absolute Gasteiger partial charge is 0.257 e. The van der Waals surface area contributed by atoms with Crippen LogP contribution >= 0.6 is 0 Å². The molecule has 1 aromatic rings. The fourth-order valence-corrected chi connectivity index (χ4v) is 1.87. The molecular weight excluding hydrogens is 194 g/mol. The molecule has 4 heteroatoms. The van der Waals surface area contributed by atoms with Crippen LogP contribution in [0, 0.1) is 0 Å². The van der Waals surface area contributed by atoms with Crippen molar-refractivity contribution in [2.24, 2.45) is 0 Å². The van der Waals surface area contributed by atoms with E-state index in [0.29, 0.717) is 11.6 Å². The van der Waals surface area contributed by atoms with Crippen LogP contribution in [0.2, 0.25) is 0 Å². The molecule has 0 bridgehead atoms. The van der Waals surface area contributed by atoms with Gasteiger partial charge in [-0.15, -0.1) is 0 Å². The number of ether oxygens (including phenoxy) is 3. The second-order valence-corrected chi connectivity index (χ2v) is 3.44. The number of hydrogen-bond donors (Lipinski definition) is 0. The highest BCUT2D eigenvalue weighted by Gasteiger charge is 2.23. The molecule has 1 atom stereocenters. The third-order valence-electron chi connectivity index (χ3n) is 2.58. The van der Waals surface area contributed by atoms with Gasteiger partial charge in [0, 0.05) is 18.4 Å². The van der Waals surface area contributed by atoms with Crippen molar-refractivity contribution in [3.8, 4) is 11.6 Å². The van der Waals surface area contributed by atoms with E-state index >= 15 is 0 Å². The molecule has 0 radical (unpaired) electrons. The summed E-state index contributed by atoms with van der Waals surface area (Å²) in [7, 11) is 3.21. The monoisotopic (exact) mass is 209 g/mol. The van der Waals surface area contributed by atoms with Gasteiger partial charge in [0.2, 0.25) is 0 Å². The first-order valence-corrected chi connectivity index (χ1v) is 5.05. The van der Waals surface area contributed by atoms with Crippen LogP contribution in [0.5, 0.6) is 11.6 Å². The summed E-state index contributed by atoms with van der Waals surface area (Å²) in [4.78, 5) is 4.10. The number of nitrogens with zero attached hydrogens (tertiary/aromatic N) is 1. The fourth-order valence-electron chi connectivity index (χ4n) is 1.87. The lowest BCUT2D eigenvalue weighted by Gasteiger charge is -2.15. The molecule has 0 N–H and O–H groups in total. The molecule has 0 spiro atoms. The molecule has 0 aliphatic carbocycles. The van der Waals surface area contributed by atoms with Crippen LogP contribution in [0.4, 0.5) is 0 Å². The van der Waals surface area contributed by atoms with Gasteiger partial charge in [0.05, 0.1) is 20.3 Å². The minimum atomic E-state index is 0.122. The summed E-state index contributed by atoms with van der Waals surface area (Å²) in [6.07, 6.45) is 3.97. The molecule has 2 rings (SSSR count). The van der Waals surface area contributed by atoms with Crippen LogP contribution in [0.1, 0.15) is 24.5 Å². The zero-order valence-electron chi connectivity index (χ0n) is 9.03. The normalized spacial score (nSPS) is 20.3.